The Morgan fingerprint density at radius 3 is 1.34 bits per heavy atom. The number of rotatable bonds is 12. The van der Waals surface area contributed by atoms with Gasteiger partial charge in [-0.3, -0.25) is 0 Å². The van der Waals surface area contributed by atoms with Crippen LogP contribution in [0.2, 0.25) is 0 Å². The van der Waals surface area contributed by atoms with Gasteiger partial charge in [-0.05, 0) is 36.8 Å². The molecule has 0 saturated heterocycles. The first-order chi connectivity index (χ1) is 17.5. The normalized spacial score (nSPS) is 13.1. The Morgan fingerprint density at radius 2 is 1.05 bits per heavy atom. The van der Waals surface area contributed by atoms with Crippen molar-refractivity contribution in [2.24, 2.45) is 0 Å². The lowest BCUT2D eigenvalue weighted by Crippen LogP contribution is -2.17. The van der Waals surface area contributed by atoms with Gasteiger partial charge in [0.1, 0.15) is 9.79 Å². The molecule has 0 amide bonds. The van der Waals surface area contributed by atoms with Gasteiger partial charge in [-0.2, -0.15) is 43.2 Å². The molecule has 20 heteroatoms. The molecule has 0 N–H and O–H groups in total. The van der Waals surface area contributed by atoms with E-state index in [1.807, 2.05) is 0 Å². The average Bonchev–Trinajstić information content (AvgIpc) is 2.81. The van der Waals surface area contributed by atoms with E-state index in [9.17, 15) is 47.7 Å². The molecule has 0 atom stereocenters. The summed E-state index contributed by atoms with van der Waals surface area (Å²) in [6, 6.07) is 5.18. The minimum absolute atomic E-state index is 0.303. The SMILES string of the molecule is CSc1cccc(C(F)(F)F)c1S(=O)(=O)OCO[P+](=O)OCOS(=O)(=O)c1c(SC)cccc1C(F)(F)F. The van der Waals surface area contributed by atoms with Crippen LogP contribution >= 0.6 is 31.8 Å². The molecule has 2 rings (SSSR count). The number of hydrogen-bond acceptors (Lipinski definition) is 11. The lowest BCUT2D eigenvalue weighted by Gasteiger charge is -2.15. The Balaban J connectivity index is 2.06. The summed E-state index contributed by atoms with van der Waals surface area (Å²) < 4.78 is 159. The van der Waals surface area contributed by atoms with Gasteiger partial charge in [0.15, 0.2) is 0 Å². The molecule has 2 aromatic rings. The molecule has 9 nitrogen and oxygen atoms in total. The molecule has 212 valence electrons. The van der Waals surface area contributed by atoms with Crippen molar-refractivity contribution < 1.29 is 65.2 Å². The fourth-order valence-electron chi connectivity index (χ4n) is 2.73. The first-order valence-electron chi connectivity index (χ1n) is 9.46. The van der Waals surface area contributed by atoms with E-state index in [-0.39, 0.29) is 9.79 Å². The predicted octanol–water partition coefficient (Wildman–Crippen LogP) is 5.88. The van der Waals surface area contributed by atoms with Gasteiger partial charge in [0.25, 0.3) is 0 Å². The smallest absolute Gasteiger partial charge is 0.232 e. The molecule has 0 saturated carbocycles. The second-order valence-corrected chi connectivity index (χ2v) is 12.3. The van der Waals surface area contributed by atoms with Crippen LogP contribution in [0.4, 0.5) is 26.3 Å². The molecule has 0 heterocycles. The zero-order chi connectivity index (χ0) is 28.9. The maximum atomic E-state index is 13.3. The highest BCUT2D eigenvalue weighted by Gasteiger charge is 2.41. The van der Waals surface area contributed by atoms with Crippen LogP contribution < -0.4 is 0 Å². The zero-order valence-electron chi connectivity index (χ0n) is 18.9. The molecule has 0 aromatic heterocycles. The highest BCUT2D eigenvalue weighted by atomic mass is 32.2. The van der Waals surface area contributed by atoms with Crippen LogP contribution in [0.5, 0.6) is 0 Å². The predicted molar refractivity (Wildman–Crippen MR) is 123 cm³/mol. The largest absolute Gasteiger partial charge is 0.702 e. The summed E-state index contributed by atoms with van der Waals surface area (Å²) in [6.07, 6.45) is -7.48. The molecule has 0 radical (unpaired) electrons. The van der Waals surface area contributed by atoms with Crippen LogP contribution in [-0.4, -0.2) is 42.9 Å². The second kappa shape index (κ2) is 12.8. The molecule has 0 spiro atoms. The molecule has 2 aromatic carbocycles. The highest BCUT2D eigenvalue weighted by molar-refractivity contribution is 7.99. The molecule has 38 heavy (non-hydrogen) atoms. The van der Waals surface area contributed by atoms with Crippen LogP contribution in [-0.2, 0) is 54.6 Å². The van der Waals surface area contributed by atoms with Gasteiger partial charge in [-0.25, -0.2) is 8.37 Å². The van der Waals surface area contributed by atoms with Crippen molar-refractivity contribution in [3.05, 3.63) is 47.5 Å². The second-order valence-electron chi connectivity index (χ2n) is 6.53. The third kappa shape index (κ3) is 8.28. The minimum Gasteiger partial charge on any atom is -0.232 e. The Morgan fingerprint density at radius 1 is 0.711 bits per heavy atom. The number of halogens is 6. The van der Waals surface area contributed by atoms with Crippen LogP contribution in [0, 0.1) is 0 Å². The van der Waals surface area contributed by atoms with Gasteiger partial charge in [-0.15, -0.1) is 23.5 Å². The Labute approximate surface area is 222 Å². The molecule has 0 aliphatic carbocycles. The molecular formula is C18H16F6O9PS4+. The van der Waals surface area contributed by atoms with Gasteiger partial charge in [0, 0.05) is 14.4 Å². The number of alkyl halides is 6. The summed E-state index contributed by atoms with van der Waals surface area (Å²) in [5, 5.41) is 0. The van der Waals surface area contributed by atoms with Gasteiger partial charge < -0.3 is 0 Å². The van der Waals surface area contributed by atoms with E-state index in [0.717, 1.165) is 24.3 Å². The van der Waals surface area contributed by atoms with Gasteiger partial charge in [-0.1, -0.05) is 21.2 Å². The summed E-state index contributed by atoms with van der Waals surface area (Å²) in [5.74, 6) is 0. The van der Waals surface area contributed by atoms with Crippen molar-refractivity contribution in [1.82, 2.24) is 0 Å². The molecule has 0 unspecified atom stereocenters. The Bertz CT molecular complexity index is 1280. The van der Waals surface area contributed by atoms with Crippen LogP contribution in [0.3, 0.4) is 0 Å². The van der Waals surface area contributed by atoms with E-state index >= 15 is 0 Å². The van der Waals surface area contributed by atoms with Crippen LogP contribution in [0.15, 0.2) is 56.0 Å². The van der Waals surface area contributed by atoms with Crippen LogP contribution in [0.1, 0.15) is 11.1 Å². The summed E-state index contributed by atoms with van der Waals surface area (Å²) in [4.78, 5) is -3.02. The van der Waals surface area contributed by atoms with Crippen molar-refractivity contribution in [2.75, 3.05) is 26.1 Å². The Hall–Kier alpha value is -1.44. The molecule has 0 fully saturated rings. The standard InChI is InChI=1S/C18H16F6O9PS4/c1-35-13-7-3-5-11(17(19,20)21)15(13)37(26,27)32-9-30-34(25)31-10-33-38(28,29)16-12(18(22,23)24)6-4-8-14(16)36-2/h3-8H,9-10H2,1-2H3/q+1. The lowest BCUT2D eigenvalue weighted by molar-refractivity contribution is -0.141. The summed E-state index contributed by atoms with van der Waals surface area (Å²) in [5.41, 5.74) is -3.04. The quantitative estimate of drug-likeness (QED) is 0.0900. The van der Waals surface area contributed by atoms with E-state index in [0.29, 0.717) is 35.7 Å². The van der Waals surface area contributed by atoms with Gasteiger partial charge in [0.2, 0.25) is 13.6 Å². The van der Waals surface area contributed by atoms with Gasteiger partial charge >= 0.3 is 40.8 Å². The highest BCUT2D eigenvalue weighted by Crippen LogP contribution is 2.41. The molecule has 0 aliphatic heterocycles. The third-order valence-electron chi connectivity index (χ3n) is 4.23. The van der Waals surface area contributed by atoms with Crippen LogP contribution in [0.25, 0.3) is 0 Å². The van der Waals surface area contributed by atoms with Crippen molar-refractivity contribution >= 4 is 52.0 Å². The number of benzene rings is 2. The fraction of sp³-hybridized carbons (Fsp3) is 0.333. The van der Waals surface area contributed by atoms with E-state index in [1.165, 1.54) is 12.5 Å². The van der Waals surface area contributed by atoms with Crippen molar-refractivity contribution in [3.63, 3.8) is 0 Å². The average molecular weight is 650 g/mol. The minimum atomic E-state index is -5.10. The van der Waals surface area contributed by atoms with Gasteiger partial charge in [0.05, 0.1) is 11.1 Å². The third-order valence-corrected chi connectivity index (χ3v) is 9.37. The van der Waals surface area contributed by atoms with Crippen molar-refractivity contribution in [3.8, 4) is 0 Å². The zero-order valence-corrected chi connectivity index (χ0v) is 23.1. The maximum Gasteiger partial charge on any atom is 0.702 e. The lowest BCUT2D eigenvalue weighted by atomic mass is 10.2. The first-order valence-corrected chi connectivity index (χ1v) is 15.8. The molecule has 0 bridgehead atoms. The maximum absolute atomic E-state index is 13.3. The number of thioether (sulfide) groups is 2. The summed E-state index contributed by atoms with van der Waals surface area (Å²) >= 11 is 1.36. The Kier molecular flexibility index (Phi) is 11.1. The monoisotopic (exact) mass is 649 g/mol. The van der Waals surface area contributed by atoms with E-state index in [4.69, 9.17) is 0 Å². The molecule has 0 aliphatic rings. The molecular weight excluding hydrogens is 633 g/mol. The summed E-state index contributed by atoms with van der Waals surface area (Å²) in [6.45, 7) is -2.84. The first kappa shape index (κ1) is 32.8. The van der Waals surface area contributed by atoms with Crippen molar-refractivity contribution in [2.45, 2.75) is 31.9 Å². The van der Waals surface area contributed by atoms with E-state index in [2.05, 4.69) is 17.4 Å². The van der Waals surface area contributed by atoms with E-state index in [1.54, 1.807) is 0 Å². The van der Waals surface area contributed by atoms with Crippen molar-refractivity contribution in [1.29, 1.82) is 0 Å². The summed E-state index contributed by atoms with van der Waals surface area (Å²) in [7, 11) is -13.6. The van der Waals surface area contributed by atoms with E-state index < -0.39 is 75.3 Å². The topological polar surface area (TPSA) is 122 Å². The number of hydrogen-bond donors (Lipinski definition) is 0. The fourth-order valence-corrected chi connectivity index (χ4v) is 7.47.